The van der Waals surface area contributed by atoms with Crippen LogP contribution in [0.2, 0.25) is 0 Å². The number of morpholine rings is 1. The van der Waals surface area contributed by atoms with E-state index >= 15 is 0 Å². The molecule has 2 aliphatic heterocycles. The van der Waals surface area contributed by atoms with E-state index in [1.165, 1.54) is 0 Å². The Kier molecular flexibility index (Phi) is 5.86. The predicted molar refractivity (Wildman–Crippen MR) is 124 cm³/mol. The van der Waals surface area contributed by atoms with Crippen LogP contribution >= 0.6 is 0 Å². The minimum absolute atomic E-state index is 0.156. The molecule has 2 saturated heterocycles. The maximum atomic E-state index is 12.9. The number of ether oxygens (including phenoxy) is 1. The number of amides is 1. The molecule has 2 aromatic carbocycles. The molecule has 0 aliphatic carbocycles. The molecule has 1 N–H and O–H groups in total. The Labute approximate surface area is 185 Å². The molecule has 2 aliphatic rings. The average Bonchev–Trinajstić information content (AvgIpc) is 2.96. The maximum absolute atomic E-state index is 12.9. The quantitative estimate of drug-likeness (QED) is 0.766. The van der Waals surface area contributed by atoms with E-state index < -0.39 is 18.3 Å². The zero-order valence-electron chi connectivity index (χ0n) is 19.0. The number of hydrogen-bond acceptors (Lipinski definition) is 5. The van der Waals surface area contributed by atoms with Crippen LogP contribution in [0.25, 0.3) is 0 Å². The van der Waals surface area contributed by atoms with Crippen LogP contribution < -0.4 is 15.7 Å². The van der Waals surface area contributed by atoms with Gasteiger partial charge in [-0.3, -0.25) is 4.79 Å². The molecule has 1 amide bonds. The van der Waals surface area contributed by atoms with Crippen molar-refractivity contribution >= 4 is 29.9 Å². The zero-order valence-corrected chi connectivity index (χ0v) is 19.0. The summed E-state index contributed by atoms with van der Waals surface area (Å²) < 4.78 is 17.8. The summed E-state index contributed by atoms with van der Waals surface area (Å²) in [5.41, 5.74) is 3.54. The van der Waals surface area contributed by atoms with E-state index in [2.05, 4.69) is 10.2 Å². The molecule has 6 nitrogen and oxygen atoms in total. The molecule has 0 aromatic heterocycles. The number of carbonyl (C=O) groups excluding carboxylic acids is 1. The Balaban J connectivity index is 1.47. The van der Waals surface area contributed by atoms with Gasteiger partial charge < -0.3 is 24.3 Å². The van der Waals surface area contributed by atoms with Crippen LogP contribution in [0.5, 0.6) is 0 Å². The first kappa shape index (κ1) is 21.9. The summed E-state index contributed by atoms with van der Waals surface area (Å²) in [6.07, 6.45) is 0. The smallest absolute Gasteiger partial charge is 0.399 e. The van der Waals surface area contributed by atoms with Crippen molar-refractivity contribution in [3.63, 3.8) is 0 Å². The molecule has 7 heteroatoms. The molecule has 2 fully saturated rings. The Hall–Kier alpha value is -2.35. The van der Waals surface area contributed by atoms with Crippen LogP contribution in [0.1, 0.15) is 43.6 Å². The molecular weight excluding hydrogens is 391 g/mol. The van der Waals surface area contributed by atoms with Crippen molar-refractivity contribution in [2.45, 2.75) is 45.8 Å². The summed E-state index contributed by atoms with van der Waals surface area (Å²) in [6, 6.07) is 13.6. The average molecular weight is 422 g/mol. The molecule has 0 radical (unpaired) electrons. The van der Waals surface area contributed by atoms with E-state index in [-0.39, 0.29) is 5.91 Å². The molecular formula is C24H31BN2O4. The topological polar surface area (TPSA) is 60.0 Å². The van der Waals surface area contributed by atoms with Crippen molar-refractivity contribution in [1.82, 2.24) is 0 Å². The van der Waals surface area contributed by atoms with Gasteiger partial charge in [0.1, 0.15) is 0 Å². The largest absolute Gasteiger partial charge is 0.495 e. The number of benzene rings is 2. The van der Waals surface area contributed by atoms with Crippen molar-refractivity contribution in [1.29, 1.82) is 0 Å². The van der Waals surface area contributed by atoms with Crippen LogP contribution in [0.15, 0.2) is 42.5 Å². The lowest BCUT2D eigenvalue weighted by Gasteiger charge is -2.32. The van der Waals surface area contributed by atoms with Gasteiger partial charge in [-0.15, -0.1) is 0 Å². The van der Waals surface area contributed by atoms with Gasteiger partial charge in [-0.05, 0) is 76.5 Å². The Morgan fingerprint density at radius 1 is 0.968 bits per heavy atom. The molecule has 4 rings (SSSR count). The van der Waals surface area contributed by atoms with E-state index in [1.54, 1.807) is 0 Å². The van der Waals surface area contributed by atoms with E-state index in [4.69, 9.17) is 14.0 Å². The van der Waals surface area contributed by atoms with Crippen molar-refractivity contribution in [3.05, 3.63) is 53.6 Å². The summed E-state index contributed by atoms with van der Waals surface area (Å²) in [6.45, 7) is 13.4. The highest BCUT2D eigenvalue weighted by Gasteiger charge is 2.52. The monoisotopic (exact) mass is 422 g/mol. The van der Waals surface area contributed by atoms with Crippen LogP contribution in [0, 0.1) is 6.92 Å². The number of nitrogens with zero attached hydrogens (tertiary/aromatic N) is 1. The highest BCUT2D eigenvalue weighted by molar-refractivity contribution is 6.62. The predicted octanol–water partition coefficient (Wildman–Crippen LogP) is 3.38. The van der Waals surface area contributed by atoms with E-state index in [1.807, 2.05) is 77.1 Å². The molecule has 0 spiro atoms. The fourth-order valence-electron chi connectivity index (χ4n) is 3.79. The zero-order chi connectivity index (χ0) is 22.2. The number of carbonyl (C=O) groups is 1. The lowest BCUT2D eigenvalue weighted by Crippen LogP contribution is -2.41. The van der Waals surface area contributed by atoms with Gasteiger partial charge >= 0.3 is 7.12 Å². The minimum atomic E-state index is -0.495. The van der Waals surface area contributed by atoms with Gasteiger partial charge in [0.2, 0.25) is 0 Å². The normalized spacial score (nSPS) is 20.0. The highest BCUT2D eigenvalue weighted by atomic mass is 16.7. The third-order valence-corrected chi connectivity index (χ3v) is 6.55. The van der Waals surface area contributed by atoms with Gasteiger partial charge in [0.05, 0.1) is 24.4 Å². The Morgan fingerprint density at radius 3 is 2.19 bits per heavy atom. The van der Waals surface area contributed by atoms with Gasteiger partial charge in [-0.1, -0.05) is 11.6 Å². The number of nitrogens with one attached hydrogen (secondary N) is 1. The van der Waals surface area contributed by atoms with Gasteiger partial charge in [0, 0.05) is 30.0 Å². The fourth-order valence-corrected chi connectivity index (χ4v) is 3.79. The fraction of sp³-hybridized carbons (Fsp3) is 0.458. The lowest BCUT2D eigenvalue weighted by atomic mass is 9.75. The third-order valence-electron chi connectivity index (χ3n) is 6.55. The van der Waals surface area contributed by atoms with Crippen molar-refractivity contribution in [2.75, 3.05) is 36.5 Å². The molecule has 0 unspecified atom stereocenters. The first-order valence-corrected chi connectivity index (χ1v) is 10.9. The van der Waals surface area contributed by atoms with Crippen LogP contribution in [0.4, 0.5) is 11.4 Å². The van der Waals surface area contributed by atoms with E-state index in [9.17, 15) is 4.79 Å². The molecule has 0 saturated carbocycles. The molecule has 164 valence electrons. The molecule has 0 atom stereocenters. The van der Waals surface area contributed by atoms with Crippen LogP contribution in [0.3, 0.4) is 0 Å². The van der Waals surface area contributed by atoms with Crippen LogP contribution in [-0.2, 0) is 14.0 Å². The minimum Gasteiger partial charge on any atom is -0.399 e. The Bertz CT molecular complexity index is 937. The standard InChI is InChI=1S/C24H31BN2O4/c1-17-6-7-18(16-21(17)25-30-23(2,3)24(4,5)31-25)22(28)26-19-8-10-20(11-9-19)27-12-14-29-15-13-27/h6-11,16H,12-15H2,1-5H3,(H,26,28). The van der Waals surface area contributed by atoms with Crippen LogP contribution in [-0.4, -0.2) is 50.5 Å². The lowest BCUT2D eigenvalue weighted by molar-refractivity contribution is 0.00578. The Morgan fingerprint density at radius 2 is 1.58 bits per heavy atom. The maximum Gasteiger partial charge on any atom is 0.495 e. The second kappa shape index (κ2) is 8.30. The van der Waals surface area contributed by atoms with Crippen molar-refractivity contribution in [2.24, 2.45) is 0 Å². The second-order valence-corrected chi connectivity index (χ2v) is 9.26. The molecule has 0 bridgehead atoms. The summed E-state index contributed by atoms with van der Waals surface area (Å²) in [4.78, 5) is 15.2. The summed E-state index contributed by atoms with van der Waals surface area (Å²) in [5, 5.41) is 2.99. The summed E-state index contributed by atoms with van der Waals surface area (Å²) in [7, 11) is -0.495. The summed E-state index contributed by atoms with van der Waals surface area (Å²) in [5.74, 6) is -0.156. The number of rotatable bonds is 4. The third kappa shape index (κ3) is 4.49. The van der Waals surface area contributed by atoms with Gasteiger partial charge in [0.15, 0.2) is 0 Å². The van der Waals surface area contributed by atoms with Gasteiger partial charge in [-0.2, -0.15) is 0 Å². The van der Waals surface area contributed by atoms with E-state index in [0.717, 1.165) is 48.7 Å². The first-order chi connectivity index (χ1) is 14.7. The highest BCUT2D eigenvalue weighted by Crippen LogP contribution is 2.36. The molecule has 2 heterocycles. The van der Waals surface area contributed by atoms with Gasteiger partial charge in [-0.25, -0.2) is 0 Å². The second-order valence-electron chi connectivity index (χ2n) is 9.26. The molecule has 31 heavy (non-hydrogen) atoms. The number of anilines is 2. The van der Waals surface area contributed by atoms with Gasteiger partial charge in [0.25, 0.3) is 5.91 Å². The number of aryl methyl sites for hydroxylation is 1. The van der Waals surface area contributed by atoms with E-state index in [0.29, 0.717) is 5.56 Å². The van der Waals surface area contributed by atoms with Crippen molar-refractivity contribution < 1.29 is 18.8 Å². The first-order valence-electron chi connectivity index (χ1n) is 10.9. The number of hydrogen-bond donors (Lipinski definition) is 1. The SMILES string of the molecule is Cc1ccc(C(=O)Nc2ccc(N3CCOCC3)cc2)cc1B1OC(C)(C)C(C)(C)O1. The van der Waals surface area contributed by atoms with Crippen molar-refractivity contribution in [3.8, 4) is 0 Å². The molecule has 2 aromatic rings. The summed E-state index contributed by atoms with van der Waals surface area (Å²) >= 11 is 0.